The van der Waals surface area contributed by atoms with Gasteiger partial charge in [0.2, 0.25) is 0 Å². The van der Waals surface area contributed by atoms with Crippen molar-refractivity contribution >= 4 is 11.0 Å². The van der Waals surface area contributed by atoms with Crippen LogP contribution in [-0.4, -0.2) is 20.8 Å². The second kappa shape index (κ2) is 5.46. The van der Waals surface area contributed by atoms with Crippen molar-refractivity contribution in [1.29, 1.82) is 0 Å². The highest BCUT2D eigenvalue weighted by Gasteiger charge is 2.24. The number of pyridine rings is 2. The zero-order valence-electron chi connectivity index (χ0n) is 10.2. The fraction of sp³-hybridized carbons (Fsp3) is 0.231. The lowest BCUT2D eigenvalue weighted by Crippen LogP contribution is -2.29. The number of fused-ring (bicyclic) bond motifs is 1. The predicted octanol–water partition coefficient (Wildman–Crippen LogP) is 1.61. The summed E-state index contributed by atoms with van der Waals surface area (Å²) in [6, 6.07) is 7.20. The van der Waals surface area contributed by atoms with E-state index in [1.54, 1.807) is 30.7 Å². The molecule has 3 heterocycles. The Morgan fingerprint density at radius 3 is 3.05 bits per heavy atom. The second-order valence-corrected chi connectivity index (χ2v) is 5.40. The first-order valence-corrected chi connectivity index (χ1v) is 7.15. The van der Waals surface area contributed by atoms with Crippen LogP contribution in [0.25, 0.3) is 0 Å². The van der Waals surface area contributed by atoms with E-state index in [0.29, 0.717) is 11.5 Å². The molecule has 0 spiro atoms. The Hall–Kier alpha value is -1.79. The third-order valence-corrected chi connectivity index (χ3v) is 4.06. The summed E-state index contributed by atoms with van der Waals surface area (Å²) in [4.78, 5) is 8.94. The molecular formula is C13H13N3O2S. The smallest absolute Gasteiger partial charge is 0.142 e. The van der Waals surface area contributed by atoms with E-state index in [1.807, 2.05) is 12.1 Å². The van der Waals surface area contributed by atoms with Crippen molar-refractivity contribution in [3.63, 3.8) is 0 Å². The van der Waals surface area contributed by atoms with Crippen molar-refractivity contribution in [2.24, 2.45) is 0 Å². The van der Waals surface area contributed by atoms with Crippen LogP contribution in [0, 0.1) is 0 Å². The summed E-state index contributed by atoms with van der Waals surface area (Å²) in [5.74, 6) is 0.759. The van der Waals surface area contributed by atoms with Crippen molar-refractivity contribution in [1.82, 2.24) is 14.7 Å². The molecule has 0 aliphatic carbocycles. The van der Waals surface area contributed by atoms with Gasteiger partial charge in [0.15, 0.2) is 0 Å². The lowest BCUT2D eigenvalue weighted by Gasteiger charge is -2.24. The van der Waals surface area contributed by atoms with Crippen molar-refractivity contribution in [2.75, 3.05) is 6.61 Å². The molecule has 2 unspecified atom stereocenters. The van der Waals surface area contributed by atoms with Gasteiger partial charge in [0.1, 0.15) is 22.4 Å². The van der Waals surface area contributed by atoms with Crippen LogP contribution < -0.4 is 9.46 Å². The molecule has 3 rings (SSSR count). The van der Waals surface area contributed by atoms with Crippen LogP contribution in [0.4, 0.5) is 0 Å². The molecule has 0 aromatic carbocycles. The Morgan fingerprint density at radius 2 is 2.21 bits per heavy atom. The molecule has 0 bridgehead atoms. The molecule has 1 N–H and O–H groups in total. The molecule has 2 aromatic rings. The third-order valence-electron chi connectivity index (χ3n) is 2.89. The molecule has 2 aromatic heterocycles. The van der Waals surface area contributed by atoms with Crippen LogP contribution >= 0.6 is 0 Å². The highest BCUT2D eigenvalue weighted by atomic mass is 32.2. The average molecular weight is 275 g/mol. The average Bonchev–Trinajstić information content (AvgIpc) is 2.48. The number of rotatable bonds is 3. The van der Waals surface area contributed by atoms with Crippen molar-refractivity contribution in [3.05, 3.63) is 48.5 Å². The van der Waals surface area contributed by atoms with Crippen LogP contribution in [0.15, 0.2) is 47.8 Å². The van der Waals surface area contributed by atoms with Gasteiger partial charge in [-0.3, -0.25) is 9.97 Å². The lowest BCUT2D eigenvalue weighted by molar-refractivity contribution is 0.259. The Balaban J connectivity index is 1.80. The van der Waals surface area contributed by atoms with Crippen LogP contribution in [0.2, 0.25) is 0 Å². The maximum atomic E-state index is 12.2. The number of hydrogen-bond donors (Lipinski definition) is 1. The topological polar surface area (TPSA) is 64.1 Å². The summed E-state index contributed by atoms with van der Waals surface area (Å²) < 4.78 is 20.8. The summed E-state index contributed by atoms with van der Waals surface area (Å²) in [5.41, 5.74) is 0.811. The summed E-state index contributed by atoms with van der Waals surface area (Å²) in [6.07, 6.45) is 5.72. The predicted molar refractivity (Wildman–Crippen MR) is 70.9 cm³/mol. The molecule has 0 fully saturated rings. The van der Waals surface area contributed by atoms with Gasteiger partial charge in [-0.1, -0.05) is 0 Å². The fourth-order valence-corrected chi connectivity index (χ4v) is 2.96. The van der Waals surface area contributed by atoms with E-state index in [2.05, 4.69) is 14.7 Å². The van der Waals surface area contributed by atoms with Crippen molar-refractivity contribution < 1.29 is 8.95 Å². The van der Waals surface area contributed by atoms with Gasteiger partial charge in [0.25, 0.3) is 0 Å². The normalized spacial score (nSPS) is 19.3. The van der Waals surface area contributed by atoms with Crippen molar-refractivity contribution in [2.45, 2.75) is 17.4 Å². The summed E-state index contributed by atoms with van der Waals surface area (Å²) in [5, 5.41) is 0. The molecule has 98 valence electrons. The first-order chi connectivity index (χ1) is 9.34. The van der Waals surface area contributed by atoms with E-state index in [9.17, 15) is 4.21 Å². The molecular weight excluding hydrogens is 262 g/mol. The number of ether oxygens (including phenoxy) is 1. The molecule has 2 atom stereocenters. The Bertz CT molecular complexity index is 591. The number of nitrogens with zero attached hydrogens (tertiary/aromatic N) is 2. The van der Waals surface area contributed by atoms with Gasteiger partial charge < -0.3 is 4.74 Å². The zero-order chi connectivity index (χ0) is 13.1. The van der Waals surface area contributed by atoms with Gasteiger partial charge in [-0.05, 0) is 24.3 Å². The minimum absolute atomic E-state index is 0.0639. The van der Waals surface area contributed by atoms with Crippen LogP contribution in [0.5, 0.6) is 5.75 Å². The number of hydrogen-bond acceptors (Lipinski definition) is 4. The van der Waals surface area contributed by atoms with E-state index in [4.69, 9.17) is 4.74 Å². The van der Waals surface area contributed by atoms with Gasteiger partial charge in [-0.25, -0.2) is 8.93 Å². The minimum atomic E-state index is -1.30. The zero-order valence-corrected chi connectivity index (χ0v) is 11.0. The summed E-state index contributed by atoms with van der Waals surface area (Å²) in [6.45, 7) is 0.598. The van der Waals surface area contributed by atoms with Crippen LogP contribution in [0.1, 0.15) is 18.2 Å². The van der Waals surface area contributed by atoms with Gasteiger partial charge in [-0.2, -0.15) is 0 Å². The van der Waals surface area contributed by atoms with E-state index in [0.717, 1.165) is 17.9 Å². The van der Waals surface area contributed by atoms with E-state index in [1.165, 1.54) is 0 Å². The number of nitrogens with one attached hydrogen (secondary N) is 1. The molecule has 1 aliphatic heterocycles. The first kappa shape index (κ1) is 12.3. The monoisotopic (exact) mass is 275 g/mol. The molecule has 1 aliphatic rings. The molecule has 6 heteroatoms. The van der Waals surface area contributed by atoms with Crippen LogP contribution in [-0.2, 0) is 11.0 Å². The van der Waals surface area contributed by atoms with Gasteiger partial charge in [0.05, 0.1) is 17.5 Å². The fourth-order valence-electron chi connectivity index (χ4n) is 1.98. The quantitative estimate of drug-likeness (QED) is 0.924. The summed E-state index contributed by atoms with van der Waals surface area (Å²) >= 11 is 0. The standard InChI is InChI=1S/C13H13N3O2S/c17-19(10-3-1-6-14-9-10)16-11-5-8-18-12-4-2-7-15-13(11)12/h1-4,6-7,9,11,16H,5,8H2. The SMILES string of the molecule is O=S(NC1CCOc2cccnc21)c1cccnc1. The maximum absolute atomic E-state index is 12.2. The number of aromatic nitrogens is 2. The molecule has 0 saturated carbocycles. The van der Waals surface area contributed by atoms with E-state index in [-0.39, 0.29) is 6.04 Å². The minimum Gasteiger partial charge on any atom is -0.492 e. The highest BCUT2D eigenvalue weighted by molar-refractivity contribution is 7.83. The van der Waals surface area contributed by atoms with Crippen LogP contribution in [0.3, 0.4) is 0 Å². The van der Waals surface area contributed by atoms with E-state index >= 15 is 0 Å². The second-order valence-electron chi connectivity index (χ2n) is 4.15. The van der Waals surface area contributed by atoms with Gasteiger partial charge >= 0.3 is 0 Å². The van der Waals surface area contributed by atoms with Crippen molar-refractivity contribution in [3.8, 4) is 5.75 Å². The molecule has 19 heavy (non-hydrogen) atoms. The molecule has 0 radical (unpaired) electrons. The van der Waals surface area contributed by atoms with Gasteiger partial charge in [-0.15, -0.1) is 0 Å². The Kier molecular flexibility index (Phi) is 3.52. The lowest BCUT2D eigenvalue weighted by atomic mass is 10.1. The maximum Gasteiger partial charge on any atom is 0.142 e. The highest BCUT2D eigenvalue weighted by Crippen LogP contribution is 2.30. The first-order valence-electron chi connectivity index (χ1n) is 6.00. The van der Waals surface area contributed by atoms with Gasteiger partial charge in [0, 0.05) is 25.0 Å². The Morgan fingerprint density at radius 1 is 1.32 bits per heavy atom. The molecule has 0 saturated heterocycles. The largest absolute Gasteiger partial charge is 0.492 e. The third kappa shape index (κ3) is 2.64. The molecule has 5 nitrogen and oxygen atoms in total. The Labute approximate surface area is 113 Å². The summed E-state index contributed by atoms with van der Waals surface area (Å²) in [7, 11) is -1.30. The molecule has 0 amide bonds. The van der Waals surface area contributed by atoms with E-state index < -0.39 is 11.0 Å².